The zero-order valence-electron chi connectivity index (χ0n) is 8.71. The van der Waals surface area contributed by atoms with Crippen LogP contribution >= 0.6 is 23.2 Å². The van der Waals surface area contributed by atoms with Gasteiger partial charge in [-0.3, -0.25) is 0 Å². The Morgan fingerprint density at radius 3 is 2.69 bits per heavy atom. The van der Waals surface area contributed by atoms with Crippen molar-refractivity contribution in [3.05, 3.63) is 27.7 Å². The number of hydrogen-bond acceptors (Lipinski definition) is 3. The van der Waals surface area contributed by atoms with E-state index in [1.54, 1.807) is 6.07 Å². The van der Waals surface area contributed by atoms with Gasteiger partial charge in [-0.2, -0.15) is 0 Å². The molecule has 2 rings (SSSR count). The van der Waals surface area contributed by atoms with Crippen LogP contribution in [-0.4, -0.2) is 24.2 Å². The first-order valence-electron chi connectivity index (χ1n) is 5.24. The van der Waals surface area contributed by atoms with Crippen molar-refractivity contribution in [3.8, 4) is 5.75 Å². The van der Waals surface area contributed by atoms with Gasteiger partial charge in [0.2, 0.25) is 0 Å². The van der Waals surface area contributed by atoms with Crippen LogP contribution in [0.25, 0.3) is 0 Å². The Kier molecular flexibility index (Phi) is 3.60. The molecule has 0 aromatic heterocycles. The van der Waals surface area contributed by atoms with Crippen molar-refractivity contribution in [2.24, 2.45) is 5.73 Å². The van der Waals surface area contributed by atoms with Crippen LogP contribution in [0, 0.1) is 0 Å². The second kappa shape index (κ2) is 4.80. The SMILES string of the molecule is N[C@H]1CNCC[C@@H]1c1cc(Cl)c(Cl)cc1O. The van der Waals surface area contributed by atoms with Crippen LogP contribution in [0.4, 0.5) is 0 Å². The number of rotatable bonds is 1. The van der Waals surface area contributed by atoms with Crippen molar-refractivity contribution in [2.45, 2.75) is 18.4 Å². The topological polar surface area (TPSA) is 58.3 Å². The molecule has 1 fully saturated rings. The maximum absolute atomic E-state index is 9.87. The Bertz CT molecular complexity index is 398. The molecule has 1 aliphatic heterocycles. The number of benzene rings is 1. The first-order chi connectivity index (χ1) is 7.59. The molecule has 1 aromatic carbocycles. The quantitative estimate of drug-likeness (QED) is 0.725. The molecule has 0 aliphatic carbocycles. The van der Waals surface area contributed by atoms with Gasteiger partial charge in [-0.1, -0.05) is 23.2 Å². The molecule has 3 nitrogen and oxygen atoms in total. The van der Waals surface area contributed by atoms with E-state index in [0.717, 1.165) is 25.1 Å². The third-order valence-corrected chi connectivity index (χ3v) is 3.72. The molecule has 0 bridgehead atoms. The van der Waals surface area contributed by atoms with E-state index < -0.39 is 0 Å². The molecule has 2 atom stereocenters. The molecule has 0 saturated carbocycles. The summed E-state index contributed by atoms with van der Waals surface area (Å²) in [5, 5.41) is 13.9. The highest BCUT2D eigenvalue weighted by atomic mass is 35.5. The van der Waals surface area contributed by atoms with Gasteiger partial charge in [0.1, 0.15) is 5.75 Å². The van der Waals surface area contributed by atoms with E-state index in [2.05, 4.69) is 5.32 Å². The van der Waals surface area contributed by atoms with E-state index in [1.165, 1.54) is 6.07 Å². The van der Waals surface area contributed by atoms with Gasteiger partial charge in [-0.05, 0) is 19.0 Å². The lowest BCUT2D eigenvalue weighted by Gasteiger charge is -2.30. The van der Waals surface area contributed by atoms with Crippen LogP contribution in [0.15, 0.2) is 12.1 Å². The lowest BCUT2D eigenvalue weighted by molar-refractivity contribution is 0.385. The Labute approximate surface area is 105 Å². The predicted molar refractivity (Wildman–Crippen MR) is 66.3 cm³/mol. The van der Waals surface area contributed by atoms with Crippen molar-refractivity contribution < 1.29 is 5.11 Å². The van der Waals surface area contributed by atoms with E-state index in [4.69, 9.17) is 28.9 Å². The molecule has 1 aliphatic rings. The summed E-state index contributed by atoms with van der Waals surface area (Å²) in [5.74, 6) is 0.313. The molecule has 0 unspecified atom stereocenters. The molecule has 88 valence electrons. The molecule has 0 radical (unpaired) electrons. The van der Waals surface area contributed by atoms with Gasteiger partial charge < -0.3 is 16.2 Å². The van der Waals surface area contributed by atoms with Crippen molar-refractivity contribution in [2.75, 3.05) is 13.1 Å². The summed E-state index contributed by atoms with van der Waals surface area (Å²) in [7, 11) is 0. The first kappa shape index (κ1) is 12.0. The van der Waals surface area contributed by atoms with Crippen molar-refractivity contribution >= 4 is 23.2 Å². The Balaban J connectivity index is 2.35. The number of phenols is 1. The van der Waals surface area contributed by atoms with E-state index in [1.807, 2.05) is 0 Å². The summed E-state index contributed by atoms with van der Waals surface area (Å²) in [4.78, 5) is 0. The lowest BCUT2D eigenvalue weighted by atomic mass is 9.86. The first-order valence-corrected chi connectivity index (χ1v) is 5.99. The molecule has 1 heterocycles. The van der Waals surface area contributed by atoms with Gasteiger partial charge in [-0.25, -0.2) is 0 Å². The Morgan fingerprint density at radius 2 is 2.00 bits per heavy atom. The fraction of sp³-hybridized carbons (Fsp3) is 0.455. The minimum Gasteiger partial charge on any atom is -0.508 e. The maximum atomic E-state index is 9.87. The largest absolute Gasteiger partial charge is 0.508 e. The molecule has 1 saturated heterocycles. The molecule has 4 N–H and O–H groups in total. The lowest BCUT2D eigenvalue weighted by Crippen LogP contribution is -2.44. The van der Waals surface area contributed by atoms with E-state index in [9.17, 15) is 5.11 Å². The number of hydrogen-bond donors (Lipinski definition) is 3. The summed E-state index contributed by atoms with van der Waals surface area (Å²) in [6.45, 7) is 1.66. The number of aromatic hydroxyl groups is 1. The van der Waals surface area contributed by atoms with Gasteiger partial charge in [-0.15, -0.1) is 0 Å². The number of halogens is 2. The average molecular weight is 261 g/mol. The fourth-order valence-corrected chi connectivity index (χ4v) is 2.45. The number of nitrogens with one attached hydrogen (secondary N) is 1. The zero-order chi connectivity index (χ0) is 11.7. The molecule has 1 aromatic rings. The second-order valence-electron chi connectivity index (χ2n) is 4.09. The summed E-state index contributed by atoms with van der Waals surface area (Å²) in [5.41, 5.74) is 6.81. The highest BCUT2D eigenvalue weighted by Gasteiger charge is 2.26. The summed E-state index contributed by atoms with van der Waals surface area (Å²) in [6.07, 6.45) is 0.896. The number of nitrogens with two attached hydrogens (primary N) is 1. The van der Waals surface area contributed by atoms with Gasteiger partial charge in [0.25, 0.3) is 0 Å². The van der Waals surface area contributed by atoms with Crippen LogP contribution in [0.5, 0.6) is 5.75 Å². The van der Waals surface area contributed by atoms with E-state index in [-0.39, 0.29) is 17.7 Å². The van der Waals surface area contributed by atoms with Crippen molar-refractivity contribution in [1.29, 1.82) is 0 Å². The van der Waals surface area contributed by atoms with Gasteiger partial charge in [0.15, 0.2) is 0 Å². The summed E-state index contributed by atoms with van der Waals surface area (Å²) in [6, 6.07) is 3.19. The van der Waals surface area contributed by atoms with E-state index >= 15 is 0 Å². The standard InChI is InChI=1S/C11H14Cl2N2O/c12-8-3-7(11(16)4-9(8)13)6-1-2-15-5-10(6)14/h3-4,6,10,15-16H,1-2,5,14H2/t6-,10+/m1/s1. The van der Waals surface area contributed by atoms with Crippen molar-refractivity contribution in [1.82, 2.24) is 5.32 Å². The molecule has 0 spiro atoms. The number of phenolic OH excluding ortho intramolecular Hbond substituents is 1. The minimum absolute atomic E-state index is 0.00288. The second-order valence-corrected chi connectivity index (χ2v) is 4.90. The van der Waals surface area contributed by atoms with Gasteiger partial charge in [0, 0.05) is 30.1 Å². The van der Waals surface area contributed by atoms with Crippen molar-refractivity contribution in [3.63, 3.8) is 0 Å². The maximum Gasteiger partial charge on any atom is 0.120 e. The van der Waals surface area contributed by atoms with Crippen LogP contribution in [0.2, 0.25) is 10.0 Å². The minimum atomic E-state index is -0.00288. The van der Waals surface area contributed by atoms with Gasteiger partial charge >= 0.3 is 0 Å². The van der Waals surface area contributed by atoms with Crippen LogP contribution in [0.3, 0.4) is 0 Å². The molecular formula is C11H14Cl2N2O. The smallest absolute Gasteiger partial charge is 0.120 e. The highest BCUT2D eigenvalue weighted by Crippen LogP contribution is 2.37. The van der Waals surface area contributed by atoms with Crippen LogP contribution < -0.4 is 11.1 Å². The zero-order valence-corrected chi connectivity index (χ0v) is 10.2. The molecule has 0 amide bonds. The predicted octanol–water partition coefficient (Wildman–Crippen LogP) is 2.10. The van der Waals surface area contributed by atoms with Gasteiger partial charge in [0.05, 0.1) is 10.0 Å². The third-order valence-electron chi connectivity index (χ3n) is 3.00. The van der Waals surface area contributed by atoms with Crippen LogP contribution in [0.1, 0.15) is 17.9 Å². The molecule has 5 heteroatoms. The molecule has 16 heavy (non-hydrogen) atoms. The summed E-state index contributed by atoms with van der Waals surface area (Å²) >= 11 is 11.8. The monoisotopic (exact) mass is 260 g/mol. The third kappa shape index (κ3) is 2.28. The van der Waals surface area contributed by atoms with E-state index in [0.29, 0.717) is 10.0 Å². The van der Waals surface area contributed by atoms with Crippen LogP contribution in [-0.2, 0) is 0 Å². The number of piperidine rings is 1. The average Bonchev–Trinajstić information content (AvgIpc) is 2.25. The fourth-order valence-electron chi connectivity index (χ4n) is 2.12. The normalized spacial score (nSPS) is 25.7. The Morgan fingerprint density at radius 1 is 1.31 bits per heavy atom. The summed E-state index contributed by atoms with van der Waals surface area (Å²) < 4.78 is 0. The Hall–Kier alpha value is -0.480. The molecular weight excluding hydrogens is 247 g/mol. The highest BCUT2D eigenvalue weighted by molar-refractivity contribution is 6.42.